The van der Waals surface area contributed by atoms with E-state index in [-0.39, 0.29) is 11.8 Å². The third-order valence-electron chi connectivity index (χ3n) is 5.80. The Labute approximate surface area is 173 Å². The Morgan fingerprint density at radius 1 is 0.935 bits per heavy atom. The van der Waals surface area contributed by atoms with E-state index in [1.54, 1.807) is 12.3 Å². The van der Waals surface area contributed by atoms with Crippen molar-refractivity contribution >= 4 is 22.8 Å². The van der Waals surface area contributed by atoms with Crippen molar-refractivity contribution in [1.29, 1.82) is 0 Å². The van der Waals surface area contributed by atoms with Crippen LogP contribution < -0.4 is 9.80 Å². The fourth-order valence-corrected chi connectivity index (χ4v) is 4.38. The molecular formula is C19H18F5N7. The lowest BCUT2D eigenvalue weighted by atomic mass is 10.0. The molecule has 31 heavy (non-hydrogen) atoms. The maximum atomic E-state index is 13.0. The maximum absolute atomic E-state index is 13.0. The Balaban J connectivity index is 1.30. The highest BCUT2D eigenvalue weighted by Gasteiger charge is 2.41. The summed E-state index contributed by atoms with van der Waals surface area (Å²) in [4.78, 5) is 16.5. The van der Waals surface area contributed by atoms with Crippen LogP contribution in [0.2, 0.25) is 0 Å². The Morgan fingerprint density at radius 3 is 2.26 bits per heavy atom. The van der Waals surface area contributed by atoms with Gasteiger partial charge in [0.15, 0.2) is 5.65 Å². The molecular weight excluding hydrogens is 421 g/mol. The van der Waals surface area contributed by atoms with E-state index in [0.29, 0.717) is 49.0 Å². The van der Waals surface area contributed by atoms with Gasteiger partial charge in [-0.2, -0.15) is 18.3 Å². The molecule has 0 aromatic carbocycles. The van der Waals surface area contributed by atoms with Crippen molar-refractivity contribution in [2.75, 3.05) is 36.0 Å². The summed E-state index contributed by atoms with van der Waals surface area (Å²) < 4.78 is 65.6. The standard InChI is InChI=1S/C19H18F5N7/c20-15(21)10-31-18-13(4-26-31)25-5-17(28-18)30-8-11-6-29(7-12(11)9-30)16-3-1-2-14(27-16)19(22,23)24/h1-5,11-12,15H,6-10H2/t11-,12-/m0/s1. The van der Waals surface area contributed by atoms with Gasteiger partial charge in [0.05, 0.1) is 12.4 Å². The molecule has 0 spiro atoms. The Hall–Kier alpha value is -3.05. The number of hydrogen-bond acceptors (Lipinski definition) is 6. The van der Waals surface area contributed by atoms with Gasteiger partial charge in [-0.05, 0) is 12.1 Å². The summed E-state index contributed by atoms with van der Waals surface area (Å²) in [6.45, 7) is 1.95. The van der Waals surface area contributed by atoms with E-state index in [2.05, 4.69) is 20.1 Å². The molecule has 0 N–H and O–H groups in total. The lowest BCUT2D eigenvalue weighted by Gasteiger charge is -2.23. The average molecular weight is 439 g/mol. The normalized spacial score (nSPS) is 21.5. The smallest absolute Gasteiger partial charge is 0.356 e. The molecule has 0 saturated carbocycles. The predicted molar refractivity (Wildman–Crippen MR) is 102 cm³/mol. The van der Waals surface area contributed by atoms with Crippen molar-refractivity contribution in [2.45, 2.75) is 19.1 Å². The zero-order chi connectivity index (χ0) is 21.8. The zero-order valence-corrected chi connectivity index (χ0v) is 16.2. The third kappa shape index (κ3) is 3.74. The Bertz CT molecular complexity index is 1080. The highest BCUT2D eigenvalue weighted by atomic mass is 19.4. The SMILES string of the molecule is FC(F)Cn1ncc2ncc(N3C[C@@H]4CN(c5cccc(C(F)(F)F)n5)C[C@H]4C3)nc21. The molecule has 7 nitrogen and oxygen atoms in total. The average Bonchev–Trinajstić information content (AvgIpc) is 3.40. The number of anilines is 2. The minimum absolute atomic E-state index is 0.236. The van der Waals surface area contributed by atoms with Crippen molar-refractivity contribution in [3.05, 3.63) is 36.3 Å². The molecule has 0 unspecified atom stereocenters. The molecule has 2 aliphatic rings. The van der Waals surface area contributed by atoms with Gasteiger partial charge in [0.25, 0.3) is 6.43 Å². The molecule has 2 saturated heterocycles. The largest absolute Gasteiger partial charge is 0.433 e. The maximum Gasteiger partial charge on any atom is 0.433 e. The fraction of sp³-hybridized carbons (Fsp3) is 0.474. The molecule has 2 aliphatic heterocycles. The topological polar surface area (TPSA) is 63.0 Å². The zero-order valence-electron chi connectivity index (χ0n) is 16.2. The number of rotatable bonds is 4. The van der Waals surface area contributed by atoms with Crippen molar-refractivity contribution in [1.82, 2.24) is 24.7 Å². The highest BCUT2D eigenvalue weighted by Crippen LogP contribution is 2.36. The summed E-state index contributed by atoms with van der Waals surface area (Å²) in [6.07, 6.45) is -4.01. The van der Waals surface area contributed by atoms with Crippen LogP contribution in [-0.2, 0) is 12.7 Å². The van der Waals surface area contributed by atoms with Gasteiger partial charge in [0, 0.05) is 38.0 Å². The highest BCUT2D eigenvalue weighted by molar-refractivity contribution is 5.71. The molecule has 0 radical (unpaired) electrons. The first kappa shape index (κ1) is 19.9. The van der Waals surface area contributed by atoms with Crippen LogP contribution in [0, 0.1) is 11.8 Å². The quantitative estimate of drug-likeness (QED) is 0.583. The van der Waals surface area contributed by atoms with Gasteiger partial charge in [0.1, 0.15) is 29.4 Å². The molecule has 2 fully saturated rings. The van der Waals surface area contributed by atoms with Crippen LogP contribution in [0.5, 0.6) is 0 Å². The van der Waals surface area contributed by atoms with Crippen LogP contribution in [0.25, 0.3) is 11.2 Å². The summed E-state index contributed by atoms with van der Waals surface area (Å²) >= 11 is 0. The predicted octanol–water partition coefficient (Wildman–Crippen LogP) is 3.08. The van der Waals surface area contributed by atoms with Gasteiger partial charge in [-0.15, -0.1) is 0 Å². The van der Waals surface area contributed by atoms with E-state index in [1.165, 1.54) is 12.3 Å². The number of pyridine rings is 1. The second kappa shape index (κ2) is 7.27. The van der Waals surface area contributed by atoms with Crippen LogP contribution in [0.3, 0.4) is 0 Å². The summed E-state index contributed by atoms with van der Waals surface area (Å²) in [5, 5.41) is 3.93. The second-order valence-electron chi connectivity index (χ2n) is 7.86. The monoisotopic (exact) mass is 439 g/mol. The molecule has 12 heteroatoms. The van der Waals surface area contributed by atoms with Gasteiger partial charge in [-0.1, -0.05) is 6.07 Å². The summed E-state index contributed by atoms with van der Waals surface area (Å²) in [7, 11) is 0. The van der Waals surface area contributed by atoms with Gasteiger partial charge in [-0.25, -0.2) is 28.4 Å². The number of alkyl halides is 5. The lowest BCUT2D eigenvalue weighted by molar-refractivity contribution is -0.141. The summed E-state index contributed by atoms with van der Waals surface area (Å²) in [5.41, 5.74) is -0.136. The number of nitrogens with zero attached hydrogens (tertiary/aromatic N) is 7. The van der Waals surface area contributed by atoms with E-state index in [0.717, 1.165) is 10.7 Å². The lowest BCUT2D eigenvalue weighted by Crippen LogP contribution is -2.30. The second-order valence-corrected chi connectivity index (χ2v) is 7.86. The summed E-state index contributed by atoms with van der Waals surface area (Å²) in [6, 6.07) is 3.94. The van der Waals surface area contributed by atoms with Crippen molar-refractivity contribution in [3.8, 4) is 0 Å². The molecule has 0 amide bonds. The van der Waals surface area contributed by atoms with Crippen LogP contribution >= 0.6 is 0 Å². The number of fused-ring (bicyclic) bond motifs is 2. The van der Waals surface area contributed by atoms with Crippen molar-refractivity contribution in [2.24, 2.45) is 11.8 Å². The van der Waals surface area contributed by atoms with Crippen LogP contribution in [0.1, 0.15) is 5.69 Å². The van der Waals surface area contributed by atoms with Gasteiger partial charge in [-0.3, -0.25) is 0 Å². The van der Waals surface area contributed by atoms with E-state index in [4.69, 9.17) is 0 Å². The number of halogens is 5. The van der Waals surface area contributed by atoms with Gasteiger partial charge < -0.3 is 9.80 Å². The minimum Gasteiger partial charge on any atom is -0.356 e. The molecule has 2 atom stereocenters. The Kier molecular flexibility index (Phi) is 4.67. The van der Waals surface area contributed by atoms with Crippen LogP contribution in [0.4, 0.5) is 33.6 Å². The Morgan fingerprint density at radius 2 is 1.61 bits per heavy atom. The third-order valence-corrected chi connectivity index (χ3v) is 5.80. The van der Waals surface area contributed by atoms with E-state index >= 15 is 0 Å². The van der Waals surface area contributed by atoms with Crippen LogP contribution in [-0.4, -0.2) is 57.3 Å². The van der Waals surface area contributed by atoms with Crippen LogP contribution in [0.15, 0.2) is 30.6 Å². The van der Waals surface area contributed by atoms with Gasteiger partial charge >= 0.3 is 6.18 Å². The number of hydrogen-bond donors (Lipinski definition) is 0. The van der Waals surface area contributed by atoms with Gasteiger partial charge in [0.2, 0.25) is 0 Å². The molecule has 5 heterocycles. The first-order valence-corrected chi connectivity index (χ1v) is 9.79. The molecule has 3 aromatic rings. The molecule has 0 aliphatic carbocycles. The minimum atomic E-state index is -4.48. The molecule has 0 bridgehead atoms. The van der Waals surface area contributed by atoms with E-state index in [1.807, 2.05) is 9.80 Å². The fourth-order valence-electron chi connectivity index (χ4n) is 4.38. The number of aromatic nitrogens is 5. The van der Waals surface area contributed by atoms with Crippen molar-refractivity contribution < 1.29 is 22.0 Å². The van der Waals surface area contributed by atoms with E-state index in [9.17, 15) is 22.0 Å². The molecule has 5 rings (SSSR count). The molecule has 3 aromatic heterocycles. The summed E-state index contributed by atoms with van der Waals surface area (Å²) in [5.74, 6) is 1.38. The van der Waals surface area contributed by atoms with E-state index < -0.39 is 24.8 Å². The first-order chi connectivity index (χ1) is 14.8. The van der Waals surface area contributed by atoms with Crippen molar-refractivity contribution in [3.63, 3.8) is 0 Å². The molecule has 164 valence electrons. The first-order valence-electron chi connectivity index (χ1n) is 9.79.